The van der Waals surface area contributed by atoms with Crippen LogP contribution in [0.25, 0.3) is 16.8 Å². The molecule has 0 N–H and O–H groups in total. The van der Waals surface area contributed by atoms with Gasteiger partial charge in [0.1, 0.15) is 17.9 Å². The summed E-state index contributed by atoms with van der Waals surface area (Å²) in [6.45, 7) is 5.81. The first kappa shape index (κ1) is 19.9. The molecule has 1 saturated heterocycles. The van der Waals surface area contributed by atoms with Gasteiger partial charge in [-0.25, -0.2) is 9.50 Å². The lowest BCUT2D eigenvalue weighted by molar-refractivity contribution is -0.105. The number of ether oxygens (including phenoxy) is 2. The molecule has 31 heavy (non-hydrogen) atoms. The molecule has 9 nitrogen and oxygen atoms in total. The zero-order valence-corrected chi connectivity index (χ0v) is 17.6. The highest BCUT2D eigenvalue weighted by molar-refractivity contribution is 5.72. The SMILES string of the molecule is C=C(C=O)CN(C)[C@H]1C[C@@H](Oc2nc(-c3cnn([C@@H]4CCOC4)c3)cn3nccc23)C1. The quantitative estimate of drug-likeness (QED) is 0.406. The Morgan fingerprint density at radius 2 is 2.26 bits per heavy atom. The summed E-state index contributed by atoms with van der Waals surface area (Å²) in [5.74, 6) is 0.579. The third kappa shape index (κ3) is 3.98. The van der Waals surface area contributed by atoms with Crippen LogP contribution in [-0.2, 0) is 9.53 Å². The van der Waals surface area contributed by atoms with Gasteiger partial charge in [0.25, 0.3) is 0 Å². The molecule has 9 heteroatoms. The van der Waals surface area contributed by atoms with E-state index < -0.39 is 0 Å². The Morgan fingerprint density at radius 1 is 1.39 bits per heavy atom. The second-order valence-electron chi connectivity index (χ2n) is 8.38. The Balaban J connectivity index is 1.31. The lowest BCUT2D eigenvalue weighted by Gasteiger charge is -2.40. The fourth-order valence-corrected chi connectivity index (χ4v) is 4.16. The van der Waals surface area contributed by atoms with E-state index in [-0.39, 0.29) is 12.1 Å². The number of rotatable bonds is 8. The van der Waals surface area contributed by atoms with Crippen LogP contribution in [0.2, 0.25) is 0 Å². The number of aldehydes is 1. The number of nitrogens with zero attached hydrogens (tertiary/aromatic N) is 6. The van der Waals surface area contributed by atoms with E-state index in [1.54, 1.807) is 10.7 Å². The molecule has 0 bridgehead atoms. The van der Waals surface area contributed by atoms with Crippen molar-refractivity contribution in [1.29, 1.82) is 0 Å². The number of likely N-dealkylation sites (N-methyl/N-ethyl adjacent to an activating group) is 1. The Morgan fingerprint density at radius 3 is 3.03 bits per heavy atom. The standard InChI is InChI=1S/C22H26N6O3/c1-15(13-29)10-26(2)18-7-19(8-18)31-22-21-3-5-23-28(21)12-20(25-22)16-9-24-27(11-16)17-4-6-30-14-17/h3,5,9,11-13,17-19H,1,4,6-8,10,14H2,2H3/t17-,18-,19+/m1/s1. The highest BCUT2D eigenvalue weighted by Crippen LogP contribution is 2.32. The molecule has 1 atom stereocenters. The number of aromatic nitrogens is 5. The molecule has 0 unspecified atom stereocenters. The molecule has 3 aromatic rings. The zero-order valence-electron chi connectivity index (χ0n) is 17.6. The van der Waals surface area contributed by atoms with Crippen LogP contribution in [-0.4, -0.2) is 74.5 Å². The van der Waals surface area contributed by atoms with Crippen LogP contribution in [0.15, 0.2) is 43.0 Å². The fraction of sp³-hybridized carbons (Fsp3) is 0.455. The first-order valence-electron chi connectivity index (χ1n) is 10.6. The summed E-state index contributed by atoms with van der Waals surface area (Å²) in [7, 11) is 2.01. The molecular formula is C22H26N6O3. The van der Waals surface area contributed by atoms with Gasteiger partial charge < -0.3 is 9.47 Å². The second-order valence-corrected chi connectivity index (χ2v) is 8.38. The van der Waals surface area contributed by atoms with E-state index >= 15 is 0 Å². The fourth-order valence-electron chi connectivity index (χ4n) is 4.16. The molecule has 0 aromatic carbocycles. The number of fused-ring (bicyclic) bond motifs is 1. The van der Waals surface area contributed by atoms with Gasteiger partial charge in [0, 0.05) is 43.8 Å². The minimum Gasteiger partial charge on any atom is -0.473 e. The van der Waals surface area contributed by atoms with Gasteiger partial charge in [-0.2, -0.15) is 10.2 Å². The molecule has 0 spiro atoms. The van der Waals surface area contributed by atoms with E-state index in [2.05, 4.69) is 21.7 Å². The number of hydrogen-bond donors (Lipinski definition) is 0. The van der Waals surface area contributed by atoms with E-state index in [0.29, 0.717) is 30.6 Å². The van der Waals surface area contributed by atoms with Gasteiger partial charge in [-0.15, -0.1) is 0 Å². The highest BCUT2D eigenvalue weighted by atomic mass is 16.5. The lowest BCUT2D eigenvalue weighted by Crippen LogP contribution is -2.48. The van der Waals surface area contributed by atoms with Crippen molar-refractivity contribution in [3.8, 4) is 17.1 Å². The predicted molar refractivity (Wildman–Crippen MR) is 114 cm³/mol. The van der Waals surface area contributed by atoms with E-state index in [1.165, 1.54) is 0 Å². The van der Waals surface area contributed by atoms with Crippen molar-refractivity contribution in [2.45, 2.75) is 37.5 Å². The molecule has 5 rings (SSSR count). The minimum atomic E-state index is 0.0803. The number of carbonyl (C=O) groups excluding carboxylic acids is 1. The monoisotopic (exact) mass is 422 g/mol. The van der Waals surface area contributed by atoms with Crippen molar-refractivity contribution in [2.75, 3.05) is 26.8 Å². The average molecular weight is 422 g/mol. The van der Waals surface area contributed by atoms with Crippen molar-refractivity contribution < 1.29 is 14.3 Å². The normalized spacial score (nSPS) is 23.2. The summed E-state index contributed by atoms with van der Waals surface area (Å²) in [5, 5.41) is 8.89. The molecule has 0 amide bonds. The topological polar surface area (TPSA) is 86.8 Å². The van der Waals surface area contributed by atoms with Crippen molar-refractivity contribution in [3.63, 3.8) is 0 Å². The van der Waals surface area contributed by atoms with Gasteiger partial charge in [-0.05, 0) is 25.1 Å². The molecular weight excluding hydrogens is 396 g/mol. The van der Waals surface area contributed by atoms with Crippen molar-refractivity contribution in [3.05, 3.63) is 43.0 Å². The van der Waals surface area contributed by atoms with Crippen molar-refractivity contribution in [2.24, 2.45) is 0 Å². The molecule has 4 heterocycles. The molecule has 2 aliphatic rings. The number of hydrogen-bond acceptors (Lipinski definition) is 7. The van der Waals surface area contributed by atoms with E-state index in [1.807, 2.05) is 36.4 Å². The third-order valence-corrected chi connectivity index (χ3v) is 6.12. The Kier molecular flexibility index (Phi) is 5.29. The van der Waals surface area contributed by atoms with Gasteiger partial charge >= 0.3 is 0 Å². The van der Waals surface area contributed by atoms with E-state index in [4.69, 9.17) is 14.5 Å². The Hall–Kier alpha value is -3.04. The van der Waals surface area contributed by atoms with Gasteiger partial charge in [0.2, 0.25) is 5.88 Å². The maximum atomic E-state index is 10.8. The molecule has 1 aliphatic heterocycles. The van der Waals surface area contributed by atoms with E-state index in [9.17, 15) is 4.79 Å². The third-order valence-electron chi connectivity index (χ3n) is 6.12. The van der Waals surface area contributed by atoms with Crippen LogP contribution < -0.4 is 4.74 Å². The van der Waals surface area contributed by atoms with Crippen LogP contribution in [0, 0.1) is 0 Å². The van der Waals surface area contributed by atoms with Crippen molar-refractivity contribution in [1.82, 2.24) is 29.3 Å². The van der Waals surface area contributed by atoms with Crippen LogP contribution in [0.4, 0.5) is 0 Å². The summed E-state index contributed by atoms with van der Waals surface area (Å²) in [6.07, 6.45) is 11.1. The van der Waals surface area contributed by atoms with Gasteiger partial charge in [-0.3, -0.25) is 14.4 Å². The smallest absolute Gasteiger partial charge is 0.240 e. The van der Waals surface area contributed by atoms with Gasteiger partial charge in [-0.1, -0.05) is 6.58 Å². The van der Waals surface area contributed by atoms with E-state index in [0.717, 1.165) is 48.9 Å². The molecule has 2 fully saturated rings. The van der Waals surface area contributed by atoms with Crippen LogP contribution >= 0.6 is 0 Å². The summed E-state index contributed by atoms with van der Waals surface area (Å²) in [6, 6.07) is 2.55. The Labute approximate surface area is 180 Å². The van der Waals surface area contributed by atoms with Crippen LogP contribution in [0.5, 0.6) is 5.88 Å². The van der Waals surface area contributed by atoms with Gasteiger partial charge in [0.05, 0.1) is 36.9 Å². The summed E-state index contributed by atoms with van der Waals surface area (Å²) in [4.78, 5) is 17.8. The van der Waals surface area contributed by atoms with Crippen LogP contribution in [0.1, 0.15) is 25.3 Å². The zero-order chi connectivity index (χ0) is 21.4. The molecule has 1 aliphatic carbocycles. The Bertz CT molecular complexity index is 1090. The maximum absolute atomic E-state index is 10.8. The second kappa shape index (κ2) is 8.24. The summed E-state index contributed by atoms with van der Waals surface area (Å²) >= 11 is 0. The van der Waals surface area contributed by atoms with Crippen LogP contribution in [0.3, 0.4) is 0 Å². The maximum Gasteiger partial charge on any atom is 0.240 e. The largest absolute Gasteiger partial charge is 0.473 e. The highest BCUT2D eigenvalue weighted by Gasteiger charge is 2.34. The number of carbonyl (C=O) groups is 1. The first-order valence-corrected chi connectivity index (χ1v) is 10.6. The summed E-state index contributed by atoms with van der Waals surface area (Å²) < 4.78 is 15.5. The average Bonchev–Trinajstić information content (AvgIpc) is 3.50. The minimum absolute atomic E-state index is 0.0803. The molecule has 162 valence electrons. The molecule has 0 radical (unpaired) electrons. The molecule has 1 saturated carbocycles. The first-order chi connectivity index (χ1) is 15.1. The lowest BCUT2D eigenvalue weighted by atomic mass is 9.88. The predicted octanol–water partition coefficient (Wildman–Crippen LogP) is 2.15. The van der Waals surface area contributed by atoms with Crippen molar-refractivity contribution >= 4 is 11.8 Å². The summed E-state index contributed by atoms with van der Waals surface area (Å²) in [5.41, 5.74) is 3.12. The molecule has 3 aromatic heterocycles. The van der Waals surface area contributed by atoms with Gasteiger partial charge in [0.15, 0.2) is 0 Å².